The van der Waals surface area contributed by atoms with E-state index in [0.717, 1.165) is 66.3 Å². The molecule has 0 N–H and O–H groups in total. The number of halogens is 1. The first-order valence-corrected chi connectivity index (χ1v) is 22.6. The number of nitrogens with zero attached hydrogens (tertiary/aromatic N) is 3. The van der Waals surface area contributed by atoms with Gasteiger partial charge in [-0.1, -0.05) is 150 Å². The first-order chi connectivity index (χ1) is 33.0. The molecule has 0 atom stereocenters. The van der Waals surface area contributed by atoms with Crippen molar-refractivity contribution < 1.29 is 33.0 Å². The molecule has 3 heterocycles. The number of aryl methyl sites for hydroxylation is 1. The molecule has 4 nitrogen and oxygen atoms in total. The van der Waals surface area contributed by atoms with E-state index in [1.54, 1.807) is 18.2 Å². The van der Waals surface area contributed by atoms with Gasteiger partial charge in [-0.2, -0.15) is 0 Å². The molecule has 11 rings (SSSR count). The molecule has 1 radical (unpaired) electrons. The van der Waals surface area contributed by atoms with Crippen LogP contribution in [0.5, 0.6) is 0 Å². The van der Waals surface area contributed by atoms with Gasteiger partial charge in [0.1, 0.15) is 5.58 Å². The quantitative estimate of drug-likeness (QED) is 0.123. The molecule has 0 amide bonds. The van der Waals surface area contributed by atoms with Gasteiger partial charge in [-0.05, 0) is 115 Å². The minimum absolute atomic E-state index is 0. The van der Waals surface area contributed by atoms with E-state index in [-0.39, 0.29) is 48.7 Å². The van der Waals surface area contributed by atoms with Gasteiger partial charge in [0, 0.05) is 47.3 Å². The molecule has 0 aliphatic carbocycles. The van der Waals surface area contributed by atoms with Crippen LogP contribution in [0, 0.1) is 24.8 Å². The maximum Gasteiger partial charge on any atom is 0.121 e. The van der Waals surface area contributed by atoms with Crippen LogP contribution in [0.2, 0.25) is 0 Å². The predicted octanol–water partition coefficient (Wildman–Crippen LogP) is 16.9. The number of hydrogen-bond donors (Lipinski definition) is 0. The van der Waals surface area contributed by atoms with Crippen molar-refractivity contribution in [3.8, 4) is 39.5 Å². The van der Waals surface area contributed by atoms with Gasteiger partial charge >= 0.3 is 0 Å². The maximum absolute atomic E-state index is 12.8. The van der Waals surface area contributed by atoms with Crippen LogP contribution in [0.1, 0.15) is 86.7 Å². The van der Waals surface area contributed by atoms with Gasteiger partial charge in [-0.25, -0.2) is 0 Å². The largest absolute Gasteiger partial charge is 0.501 e. The molecular weight excluding hydrogens is 1000 g/mol. The minimum atomic E-state index is -2.37. The second-order valence-corrected chi connectivity index (χ2v) is 18.8. The van der Waals surface area contributed by atoms with E-state index in [1.807, 2.05) is 36.5 Å². The summed E-state index contributed by atoms with van der Waals surface area (Å²) in [6.07, 6.45) is 1.87. The van der Waals surface area contributed by atoms with Gasteiger partial charge in [0.05, 0.1) is 22.4 Å². The summed E-state index contributed by atoms with van der Waals surface area (Å²) in [4.78, 5) is 9.64. The van der Waals surface area contributed by atoms with Crippen LogP contribution >= 0.6 is 0 Å². The number of fused-ring (bicyclic) bond motifs is 7. The Morgan fingerprint density at radius 1 is 0.687 bits per heavy atom. The summed E-state index contributed by atoms with van der Waals surface area (Å²) in [6, 6.07) is 56.2. The Morgan fingerprint density at radius 2 is 1.43 bits per heavy atom. The van der Waals surface area contributed by atoms with Gasteiger partial charge in [-0.15, -0.1) is 48.0 Å². The fourth-order valence-corrected chi connectivity index (χ4v) is 9.10. The molecule has 0 saturated heterocycles. The second kappa shape index (κ2) is 18.2. The SMILES string of the molecule is CC(C)(C)c1ccc(-c2[c-]cc(F)cc2)nc1.[2H]C([2H])([2H])c1cccc2nc(-c3[c-]ccc4c3oc3cc5c(ccc6ccccc65)cc34)n(-c3c(C(C)C)cc(-c4ccccc4)cc3C(C)C)c12.[Ir]. The van der Waals surface area contributed by atoms with Crippen molar-refractivity contribution in [1.82, 2.24) is 14.5 Å². The first-order valence-electron chi connectivity index (χ1n) is 24.1. The number of aromatic nitrogens is 3. The Hall–Kier alpha value is -6.72. The van der Waals surface area contributed by atoms with Crippen LogP contribution in [-0.2, 0) is 25.5 Å². The molecule has 0 unspecified atom stereocenters. The van der Waals surface area contributed by atoms with Gasteiger partial charge in [-0.3, -0.25) is 9.37 Å². The van der Waals surface area contributed by atoms with Crippen molar-refractivity contribution in [2.75, 3.05) is 0 Å². The van der Waals surface area contributed by atoms with Gasteiger partial charge in [0.2, 0.25) is 0 Å². The van der Waals surface area contributed by atoms with Crippen LogP contribution in [-0.4, -0.2) is 14.5 Å². The monoisotopic (exact) mass is 1060 g/mol. The summed E-state index contributed by atoms with van der Waals surface area (Å²) < 4.78 is 47.6. The van der Waals surface area contributed by atoms with Crippen LogP contribution < -0.4 is 0 Å². The van der Waals surface area contributed by atoms with Crippen LogP contribution in [0.25, 0.3) is 94.0 Å². The Morgan fingerprint density at radius 3 is 2.12 bits per heavy atom. The summed E-state index contributed by atoms with van der Waals surface area (Å²) in [5.41, 5.74) is 11.9. The minimum Gasteiger partial charge on any atom is -0.501 e. The van der Waals surface area contributed by atoms with E-state index in [9.17, 15) is 4.39 Å². The van der Waals surface area contributed by atoms with E-state index < -0.39 is 6.85 Å². The Balaban J connectivity index is 0.000000286. The third-order valence-corrected chi connectivity index (χ3v) is 12.6. The molecule has 67 heavy (non-hydrogen) atoms. The Bertz CT molecular complexity index is 3670. The molecule has 0 bridgehead atoms. The molecule has 0 aliphatic heterocycles. The summed E-state index contributed by atoms with van der Waals surface area (Å²) in [5, 5.41) is 6.59. The summed E-state index contributed by atoms with van der Waals surface area (Å²) in [7, 11) is 0. The molecule has 0 fully saturated rings. The van der Waals surface area contributed by atoms with Crippen molar-refractivity contribution in [2.24, 2.45) is 0 Å². The van der Waals surface area contributed by atoms with E-state index in [1.165, 1.54) is 28.5 Å². The van der Waals surface area contributed by atoms with Crippen molar-refractivity contribution in [1.29, 1.82) is 0 Å². The number of furan rings is 1. The fraction of sp³-hybridized carbons (Fsp3) is 0.180. The number of pyridine rings is 1. The van der Waals surface area contributed by atoms with Crippen molar-refractivity contribution in [3.05, 3.63) is 198 Å². The van der Waals surface area contributed by atoms with Gasteiger partial charge in [0.25, 0.3) is 0 Å². The topological polar surface area (TPSA) is 43.9 Å². The molecular formula is C61H52FIrN3O-2. The molecule has 6 heteroatoms. The Kier molecular flexibility index (Phi) is 11.3. The van der Waals surface area contributed by atoms with E-state index in [0.29, 0.717) is 28.0 Å². The van der Waals surface area contributed by atoms with E-state index in [4.69, 9.17) is 13.5 Å². The second-order valence-electron chi connectivity index (χ2n) is 18.8. The molecule has 0 saturated carbocycles. The van der Waals surface area contributed by atoms with Crippen LogP contribution in [0.4, 0.5) is 4.39 Å². The normalized spacial score (nSPS) is 12.7. The van der Waals surface area contributed by atoms with Crippen molar-refractivity contribution in [3.63, 3.8) is 0 Å². The molecule has 0 spiro atoms. The van der Waals surface area contributed by atoms with Crippen LogP contribution in [0.3, 0.4) is 0 Å². The summed E-state index contributed by atoms with van der Waals surface area (Å²) in [5.74, 6) is 0.562. The van der Waals surface area contributed by atoms with Gasteiger partial charge in [0.15, 0.2) is 0 Å². The number of rotatable bonds is 6. The number of imidazole rings is 1. The van der Waals surface area contributed by atoms with Gasteiger partial charge < -0.3 is 14.0 Å². The molecule has 335 valence electrons. The number of hydrogen-bond acceptors (Lipinski definition) is 3. The Labute approximate surface area is 410 Å². The zero-order valence-electron chi connectivity index (χ0n) is 41.6. The van der Waals surface area contributed by atoms with Crippen molar-refractivity contribution in [2.45, 2.75) is 72.6 Å². The third kappa shape index (κ3) is 8.50. The number of benzene rings is 8. The number of para-hydroxylation sites is 1. The fourth-order valence-electron chi connectivity index (χ4n) is 9.10. The standard InChI is InChI=1S/C46H37N2O.C15H15FN.Ir/c1-27(2)37-24-33(30-14-7-6-8-15-30)25-38(28(3)4)44(37)48-43-29(5)13-11-20-41(43)47-46(48)36-19-12-18-35-40-23-32-22-21-31-16-9-10-17-34(31)39(32)26-42(40)49-45(35)36;1-15(2,3)12-6-9-14(17-10-12)11-4-7-13(16)8-5-11;/h6-18,20-28H,1-5H3;4,6-10H,1-3H3;/q2*-1;/i5D3;;. The zero-order valence-corrected chi connectivity index (χ0v) is 41.0. The van der Waals surface area contributed by atoms with Crippen LogP contribution in [0.15, 0.2) is 162 Å². The average molecular weight is 1060 g/mol. The molecule has 3 aromatic heterocycles. The summed E-state index contributed by atoms with van der Waals surface area (Å²) >= 11 is 0. The molecule has 11 aromatic rings. The van der Waals surface area contributed by atoms with E-state index in [2.05, 4.69) is 161 Å². The zero-order chi connectivity index (χ0) is 48.4. The smallest absolute Gasteiger partial charge is 0.121 e. The third-order valence-electron chi connectivity index (χ3n) is 12.6. The molecule has 8 aromatic carbocycles. The molecule has 0 aliphatic rings. The van der Waals surface area contributed by atoms with Crippen molar-refractivity contribution >= 4 is 54.5 Å². The predicted molar refractivity (Wildman–Crippen MR) is 273 cm³/mol. The maximum atomic E-state index is 12.8. The van der Waals surface area contributed by atoms with E-state index >= 15 is 0 Å². The summed E-state index contributed by atoms with van der Waals surface area (Å²) in [6.45, 7) is 12.9. The first kappa shape index (κ1) is 41.7. The average Bonchev–Trinajstić information content (AvgIpc) is 3.91.